The monoisotopic (exact) mass is 492 g/mol. The van der Waals surface area contributed by atoms with Crippen LogP contribution < -0.4 is 5.32 Å². The van der Waals surface area contributed by atoms with Crippen molar-refractivity contribution in [3.63, 3.8) is 0 Å². The summed E-state index contributed by atoms with van der Waals surface area (Å²) in [5.74, 6) is 2.56. The van der Waals surface area contributed by atoms with Crippen molar-refractivity contribution in [1.82, 2.24) is 24.5 Å². The van der Waals surface area contributed by atoms with Crippen molar-refractivity contribution in [2.24, 2.45) is 0 Å². The highest BCUT2D eigenvalue weighted by Gasteiger charge is 2.23. The molecule has 2 aromatic carbocycles. The lowest BCUT2D eigenvalue weighted by atomic mass is 9.89. The van der Waals surface area contributed by atoms with Crippen LogP contribution in [-0.4, -0.2) is 44.1 Å². The van der Waals surface area contributed by atoms with Crippen LogP contribution in [0.4, 0.5) is 5.95 Å². The van der Waals surface area contributed by atoms with Crippen LogP contribution in [0.25, 0.3) is 17.2 Å². The molecule has 0 unspecified atom stereocenters. The van der Waals surface area contributed by atoms with E-state index in [0.29, 0.717) is 23.5 Å². The Labute approximate surface area is 217 Å². The zero-order valence-electron chi connectivity index (χ0n) is 21.2. The SMILES string of the molecule is Cc1ccccc1CCNc1ncc(CN2CCC(c3ccccc3)CC2)c2nc(-c3ccco3)nn12. The molecule has 37 heavy (non-hydrogen) atoms. The summed E-state index contributed by atoms with van der Waals surface area (Å²) in [6.45, 7) is 5.83. The average molecular weight is 493 g/mol. The predicted molar refractivity (Wildman–Crippen MR) is 146 cm³/mol. The van der Waals surface area contributed by atoms with E-state index in [1.54, 1.807) is 6.26 Å². The third-order valence-corrected chi connectivity index (χ3v) is 7.37. The number of nitrogens with one attached hydrogen (secondary N) is 1. The molecule has 1 fully saturated rings. The van der Waals surface area contributed by atoms with E-state index in [4.69, 9.17) is 19.5 Å². The molecular formula is C30H32N6O. The van der Waals surface area contributed by atoms with Crippen molar-refractivity contribution in [3.05, 3.63) is 101 Å². The lowest BCUT2D eigenvalue weighted by Gasteiger charge is -2.32. The molecule has 3 aromatic heterocycles. The van der Waals surface area contributed by atoms with Crippen molar-refractivity contribution in [1.29, 1.82) is 0 Å². The van der Waals surface area contributed by atoms with Gasteiger partial charge in [0.25, 0.3) is 0 Å². The van der Waals surface area contributed by atoms with E-state index in [2.05, 4.69) is 71.7 Å². The number of furan rings is 1. The molecule has 7 heteroatoms. The fraction of sp³-hybridized carbons (Fsp3) is 0.300. The summed E-state index contributed by atoms with van der Waals surface area (Å²) in [6, 6.07) is 23.1. The van der Waals surface area contributed by atoms with Crippen LogP contribution in [0.1, 0.15) is 41.0 Å². The number of hydrogen-bond acceptors (Lipinski definition) is 6. The highest BCUT2D eigenvalue weighted by molar-refractivity contribution is 5.58. The lowest BCUT2D eigenvalue weighted by molar-refractivity contribution is 0.205. The smallest absolute Gasteiger partial charge is 0.225 e. The number of nitrogens with zero attached hydrogens (tertiary/aromatic N) is 5. The molecule has 1 aliphatic heterocycles. The minimum atomic E-state index is 0.573. The van der Waals surface area contributed by atoms with E-state index >= 15 is 0 Å². The second kappa shape index (κ2) is 10.6. The van der Waals surface area contributed by atoms with Gasteiger partial charge in [0.05, 0.1) is 6.26 Å². The minimum absolute atomic E-state index is 0.573. The first-order valence-electron chi connectivity index (χ1n) is 13.1. The number of benzene rings is 2. The quantitative estimate of drug-likeness (QED) is 0.298. The number of aromatic nitrogens is 4. The molecule has 1 aliphatic rings. The molecule has 4 heterocycles. The van der Waals surface area contributed by atoms with E-state index in [9.17, 15) is 0 Å². The molecular weight excluding hydrogens is 460 g/mol. The van der Waals surface area contributed by atoms with Gasteiger partial charge in [0.2, 0.25) is 11.8 Å². The van der Waals surface area contributed by atoms with Crippen LogP contribution in [-0.2, 0) is 13.0 Å². The normalized spacial score (nSPS) is 14.8. The van der Waals surface area contributed by atoms with Gasteiger partial charge < -0.3 is 9.73 Å². The Hall–Kier alpha value is -3.97. The minimum Gasteiger partial charge on any atom is -0.461 e. The summed E-state index contributed by atoms with van der Waals surface area (Å²) in [4.78, 5) is 12.2. The maximum absolute atomic E-state index is 5.60. The van der Waals surface area contributed by atoms with Gasteiger partial charge in [0.15, 0.2) is 11.4 Å². The summed E-state index contributed by atoms with van der Waals surface area (Å²) in [6.07, 6.45) is 6.84. The first-order valence-corrected chi connectivity index (χ1v) is 13.1. The van der Waals surface area contributed by atoms with E-state index in [-0.39, 0.29) is 0 Å². The van der Waals surface area contributed by atoms with Gasteiger partial charge in [-0.3, -0.25) is 4.90 Å². The van der Waals surface area contributed by atoms with Crippen molar-refractivity contribution >= 4 is 11.6 Å². The number of piperidine rings is 1. The molecule has 1 N–H and O–H groups in total. The molecule has 188 valence electrons. The highest BCUT2D eigenvalue weighted by atomic mass is 16.3. The Morgan fingerprint density at radius 1 is 0.946 bits per heavy atom. The maximum atomic E-state index is 5.60. The van der Waals surface area contributed by atoms with Gasteiger partial charge in [0.1, 0.15) is 0 Å². The number of rotatable bonds is 8. The zero-order valence-corrected chi connectivity index (χ0v) is 21.2. The van der Waals surface area contributed by atoms with Gasteiger partial charge in [-0.2, -0.15) is 4.52 Å². The van der Waals surface area contributed by atoms with Crippen molar-refractivity contribution in [2.45, 2.75) is 38.6 Å². The molecule has 1 saturated heterocycles. The van der Waals surface area contributed by atoms with Gasteiger partial charge in [-0.25, -0.2) is 9.97 Å². The second-order valence-corrected chi connectivity index (χ2v) is 9.82. The summed E-state index contributed by atoms with van der Waals surface area (Å²) in [5.41, 5.74) is 5.98. The van der Waals surface area contributed by atoms with Crippen molar-refractivity contribution in [3.8, 4) is 11.6 Å². The lowest BCUT2D eigenvalue weighted by Crippen LogP contribution is -2.32. The molecule has 7 nitrogen and oxygen atoms in total. The fourth-order valence-corrected chi connectivity index (χ4v) is 5.25. The van der Waals surface area contributed by atoms with Crippen LogP contribution in [0.5, 0.6) is 0 Å². The number of anilines is 1. The molecule has 0 atom stereocenters. The maximum Gasteiger partial charge on any atom is 0.225 e. The Kier molecular flexibility index (Phi) is 6.69. The third kappa shape index (κ3) is 5.13. The molecule has 0 radical (unpaired) electrons. The molecule has 0 saturated carbocycles. The number of likely N-dealkylation sites (tertiary alicyclic amines) is 1. The van der Waals surface area contributed by atoms with E-state index in [0.717, 1.165) is 56.7 Å². The van der Waals surface area contributed by atoms with Gasteiger partial charge in [0, 0.05) is 24.8 Å². The Balaban J connectivity index is 1.21. The molecule has 0 amide bonds. The molecule has 0 spiro atoms. The number of fused-ring (bicyclic) bond motifs is 1. The standard InChI is InChI=1S/C30H32N6O/c1-22-8-5-6-9-23(22)13-16-31-30-32-20-26(29-33-28(34-36(29)30)27-12-7-19-37-27)21-35-17-14-25(15-18-35)24-10-3-2-4-11-24/h2-12,19-20,25H,13-18,21H2,1H3,(H,31,32). The molecule has 0 bridgehead atoms. The summed E-state index contributed by atoms with van der Waals surface area (Å²) in [7, 11) is 0. The van der Waals surface area contributed by atoms with Gasteiger partial charge in [-0.05, 0) is 74.0 Å². The Morgan fingerprint density at radius 3 is 2.54 bits per heavy atom. The first-order chi connectivity index (χ1) is 18.2. The van der Waals surface area contributed by atoms with Gasteiger partial charge in [-0.1, -0.05) is 54.6 Å². The summed E-state index contributed by atoms with van der Waals surface area (Å²) >= 11 is 0. The van der Waals surface area contributed by atoms with E-state index in [1.807, 2.05) is 22.8 Å². The summed E-state index contributed by atoms with van der Waals surface area (Å²) < 4.78 is 7.43. The van der Waals surface area contributed by atoms with Crippen LogP contribution in [0, 0.1) is 6.92 Å². The second-order valence-electron chi connectivity index (χ2n) is 9.82. The van der Waals surface area contributed by atoms with E-state index in [1.165, 1.54) is 16.7 Å². The Bertz CT molecular complexity index is 1450. The number of aryl methyl sites for hydroxylation is 1. The molecule has 5 aromatic rings. The van der Waals surface area contributed by atoms with Crippen LogP contribution in [0.15, 0.2) is 83.6 Å². The fourth-order valence-electron chi connectivity index (χ4n) is 5.25. The largest absolute Gasteiger partial charge is 0.461 e. The molecule has 0 aliphatic carbocycles. The topological polar surface area (TPSA) is 71.5 Å². The average Bonchev–Trinajstić information content (AvgIpc) is 3.63. The van der Waals surface area contributed by atoms with Crippen molar-refractivity contribution < 1.29 is 4.42 Å². The van der Waals surface area contributed by atoms with Crippen LogP contribution in [0.3, 0.4) is 0 Å². The third-order valence-electron chi connectivity index (χ3n) is 7.37. The summed E-state index contributed by atoms with van der Waals surface area (Å²) in [5, 5.41) is 8.25. The van der Waals surface area contributed by atoms with Crippen LogP contribution in [0.2, 0.25) is 0 Å². The zero-order chi connectivity index (χ0) is 25.0. The van der Waals surface area contributed by atoms with Crippen LogP contribution >= 0.6 is 0 Å². The Morgan fingerprint density at radius 2 is 1.76 bits per heavy atom. The van der Waals surface area contributed by atoms with Gasteiger partial charge in [-0.15, -0.1) is 5.10 Å². The predicted octanol–water partition coefficient (Wildman–Crippen LogP) is 5.73. The van der Waals surface area contributed by atoms with Gasteiger partial charge >= 0.3 is 0 Å². The van der Waals surface area contributed by atoms with E-state index < -0.39 is 0 Å². The number of hydrogen-bond donors (Lipinski definition) is 1. The molecule has 6 rings (SSSR count). The highest BCUT2D eigenvalue weighted by Crippen LogP contribution is 2.29. The first kappa shape index (κ1) is 23.4. The van der Waals surface area contributed by atoms with Crippen molar-refractivity contribution in [2.75, 3.05) is 25.0 Å².